The number of carbonyl (C=O) groups is 1. The van der Waals surface area contributed by atoms with Gasteiger partial charge in [0.1, 0.15) is 5.41 Å². The van der Waals surface area contributed by atoms with Crippen LogP contribution in [0.3, 0.4) is 0 Å². The molecule has 1 amide bonds. The molecule has 0 rings (SSSR count). The van der Waals surface area contributed by atoms with Crippen LogP contribution in [0.25, 0.3) is 0 Å². The summed E-state index contributed by atoms with van der Waals surface area (Å²) in [6.45, 7) is 5.92. The minimum atomic E-state index is -0.946. The van der Waals surface area contributed by atoms with Gasteiger partial charge >= 0.3 is 0 Å². The molecule has 0 spiro atoms. The summed E-state index contributed by atoms with van der Waals surface area (Å²) < 4.78 is 0. The molecule has 82 valence electrons. The smallest absolute Gasteiger partial charge is 0.235 e. The Hall–Kier alpha value is -1.26. The lowest BCUT2D eigenvalue weighted by atomic mass is 9.90. The van der Waals surface area contributed by atoms with Crippen LogP contribution in [-0.2, 0) is 4.79 Å². The van der Waals surface area contributed by atoms with Crippen LogP contribution >= 0.6 is 0 Å². The molecule has 0 atom stereocenters. The van der Waals surface area contributed by atoms with Gasteiger partial charge < -0.3 is 15.8 Å². The number of rotatable bonds is 4. The van der Waals surface area contributed by atoms with E-state index in [2.05, 4.69) is 5.16 Å². The molecule has 0 saturated heterocycles. The fraction of sp³-hybridized carbons (Fsp3) is 0.778. The highest BCUT2D eigenvalue weighted by Crippen LogP contribution is 2.18. The number of hydrogen-bond acceptors (Lipinski definition) is 3. The Kier molecular flexibility index (Phi) is 4.40. The van der Waals surface area contributed by atoms with Crippen LogP contribution in [0.1, 0.15) is 27.2 Å². The van der Waals surface area contributed by atoms with E-state index in [1.54, 1.807) is 25.8 Å². The summed E-state index contributed by atoms with van der Waals surface area (Å²) >= 11 is 0. The molecule has 0 aromatic heterocycles. The number of carbonyl (C=O) groups excluding carboxylic acids is 1. The fourth-order valence-electron chi connectivity index (χ4n) is 1.15. The first kappa shape index (κ1) is 12.7. The largest absolute Gasteiger partial charge is 0.409 e. The molecule has 3 N–H and O–H groups in total. The van der Waals surface area contributed by atoms with Crippen LogP contribution in [-0.4, -0.2) is 35.4 Å². The van der Waals surface area contributed by atoms with Crippen molar-refractivity contribution in [3.63, 3.8) is 0 Å². The Balaban J connectivity index is 4.66. The quantitative estimate of drug-likeness (QED) is 0.303. The van der Waals surface area contributed by atoms with Gasteiger partial charge in [-0.3, -0.25) is 4.79 Å². The maximum atomic E-state index is 11.8. The SMILES string of the molecule is CCCN(C)C(=O)C(C)(C)C(N)=NO. The van der Waals surface area contributed by atoms with E-state index in [9.17, 15) is 4.79 Å². The summed E-state index contributed by atoms with van der Waals surface area (Å²) in [5.74, 6) is -0.208. The average Bonchev–Trinajstić information content (AvgIpc) is 2.15. The molecule has 0 aliphatic rings. The molecular weight excluding hydrogens is 182 g/mol. The minimum Gasteiger partial charge on any atom is -0.409 e. The van der Waals surface area contributed by atoms with Crippen molar-refractivity contribution in [2.24, 2.45) is 16.3 Å². The van der Waals surface area contributed by atoms with Gasteiger partial charge in [-0.25, -0.2) is 0 Å². The third-order valence-electron chi connectivity index (χ3n) is 2.19. The maximum absolute atomic E-state index is 11.8. The molecule has 0 unspecified atom stereocenters. The molecule has 0 aromatic carbocycles. The first-order chi connectivity index (χ1) is 6.37. The number of nitrogens with two attached hydrogens (primary N) is 1. The second kappa shape index (κ2) is 4.83. The van der Waals surface area contributed by atoms with Gasteiger partial charge in [0.05, 0.1) is 0 Å². The molecule has 0 aromatic rings. The van der Waals surface area contributed by atoms with E-state index in [0.29, 0.717) is 6.54 Å². The number of nitrogens with zero attached hydrogens (tertiary/aromatic N) is 2. The molecule has 14 heavy (non-hydrogen) atoms. The first-order valence-corrected chi connectivity index (χ1v) is 4.61. The third-order valence-corrected chi connectivity index (χ3v) is 2.19. The minimum absolute atomic E-state index is 0.0644. The lowest BCUT2D eigenvalue weighted by Gasteiger charge is -2.27. The number of amidine groups is 1. The van der Waals surface area contributed by atoms with E-state index < -0.39 is 5.41 Å². The van der Waals surface area contributed by atoms with E-state index >= 15 is 0 Å². The summed E-state index contributed by atoms with van der Waals surface area (Å²) in [6.07, 6.45) is 0.883. The first-order valence-electron chi connectivity index (χ1n) is 4.61. The molecule has 0 aliphatic heterocycles. The van der Waals surface area contributed by atoms with E-state index in [1.807, 2.05) is 6.92 Å². The summed E-state index contributed by atoms with van der Waals surface area (Å²) in [7, 11) is 1.71. The highest BCUT2D eigenvalue weighted by Gasteiger charge is 2.34. The molecule has 0 fully saturated rings. The summed E-state index contributed by atoms with van der Waals surface area (Å²) in [5, 5.41) is 11.4. The Bertz CT molecular complexity index is 236. The molecule has 0 radical (unpaired) electrons. The van der Waals surface area contributed by atoms with Crippen molar-refractivity contribution in [2.75, 3.05) is 13.6 Å². The van der Waals surface area contributed by atoms with Gasteiger partial charge in [-0.1, -0.05) is 12.1 Å². The van der Waals surface area contributed by atoms with Crippen LogP contribution in [0.5, 0.6) is 0 Å². The van der Waals surface area contributed by atoms with Crippen LogP contribution in [0, 0.1) is 5.41 Å². The van der Waals surface area contributed by atoms with Crippen molar-refractivity contribution < 1.29 is 10.0 Å². The second-order valence-electron chi connectivity index (χ2n) is 3.84. The summed E-state index contributed by atoms with van der Waals surface area (Å²) in [5.41, 5.74) is 4.49. The predicted molar refractivity (Wildman–Crippen MR) is 55.1 cm³/mol. The van der Waals surface area contributed by atoms with Gasteiger partial charge in [0.2, 0.25) is 5.91 Å². The van der Waals surface area contributed by atoms with Gasteiger partial charge in [0.25, 0.3) is 0 Å². The van der Waals surface area contributed by atoms with Crippen molar-refractivity contribution in [3.8, 4) is 0 Å². The highest BCUT2D eigenvalue weighted by atomic mass is 16.4. The molecule has 0 aliphatic carbocycles. The second-order valence-corrected chi connectivity index (χ2v) is 3.84. The Morgan fingerprint density at radius 2 is 2.07 bits per heavy atom. The zero-order valence-electron chi connectivity index (χ0n) is 9.24. The van der Waals surface area contributed by atoms with Crippen LogP contribution < -0.4 is 5.73 Å². The van der Waals surface area contributed by atoms with Crippen molar-refractivity contribution in [3.05, 3.63) is 0 Å². The maximum Gasteiger partial charge on any atom is 0.235 e. The Morgan fingerprint density at radius 1 is 1.57 bits per heavy atom. The van der Waals surface area contributed by atoms with Crippen molar-refractivity contribution in [1.29, 1.82) is 0 Å². The molecule has 0 saturated carbocycles. The predicted octanol–water partition coefficient (Wildman–Crippen LogP) is 0.627. The number of hydrogen-bond donors (Lipinski definition) is 2. The van der Waals surface area contributed by atoms with E-state index in [4.69, 9.17) is 10.9 Å². The Labute approximate surface area is 84.6 Å². The Morgan fingerprint density at radius 3 is 2.43 bits per heavy atom. The van der Waals surface area contributed by atoms with E-state index in [1.165, 1.54) is 0 Å². The third kappa shape index (κ3) is 2.61. The van der Waals surface area contributed by atoms with E-state index in [-0.39, 0.29) is 11.7 Å². The number of amides is 1. The number of oxime groups is 1. The molecule has 5 nitrogen and oxygen atoms in total. The van der Waals surface area contributed by atoms with Gasteiger partial charge in [0.15, 0.2) is 5.84 Å². The lowest BCUT2D eigenvalue weighted by molar-refractivity contribution is -0.135. The topological polar surface area (TPSA) is 78.9 Å². The zero-order valence-corrected chi connectivity index (χ0v) is 9.24. The molecule has 5 heteroatoms. The average molecular weight is 201 g/mol. The fourth-order valence-corrected chi connectivity index (χ4v) is 1.15. The van der Waals surface area contributed by atoms with Gasteiger partial charge in [-0.2, -0.15) is 0 Å². The molecule has 0 heterocycles. The molecular formula is C9H19N3O2. The molecule has 0 bridgehead atoms. The highest BCUT2D eigenvalue weighted by molar-refractivity contribution is 6.05. The van der Waals surface area contributed by atoms with Crippen LogP contribution in [0.4, 0.5) is 0 Å². The van der Waals surface area contributed by atoms with Gasteiger partial charge in [-0.15, -0.1) is 0 Å². The normalized spacial score (nSPS) is 12.7. The van der Waals surface area contributed by atoms with E-state index in [0.717, 1.165) is 6.42 Å². The standard InChI is InChI=1S/C9H19N3O2/c1-5-6-12(4)8(13)9(2,3)7(10)11-14/h14H,5-6H2,1-4H3,(H2,10,11). The zero-order chi connectivity index (χ0) is 11.4. The van der Waals surface area contributed by atoms with Crippen molar-refractivity contribution in [1.82, 2.24) is 4.90 Å². The van der Waals surface area contributed by atoms with Gasteiger partial charge in [0, 0.05) is 13.6 Å². The monoisotopic (exact) mass is 201 g/mol. The lowest BCUT2D eigenvalue weighted by Crippen LogP contribution is -2.46. The van der Waals surface area contributed by atoms with Crippen molar-refractivity contribution >= 4 is 11.7 Å². The van der Waals surface area contributed by atoms with Gasteiger partial charge in [-0.05, 0) is 20.3 Å². The summed E-state index contributed by atoms with van der Waals surface area (Å²) in [6, 6.07) is 0. The van der Waals surface area contributed by atoms with Crippen molar-refractivity contribution in [2.45, 2.75) is 27.2 Å². The van der Waals surface area contributed by atoms with Crippen LogP contribution in [0.2, 0.25) is 0 Å². The van der Waals surface area contributed by atoms with Crippen LogP contribution in [0.15, 0.2) is 5.16 Å². The summed E-state index contributed by atoms with van der Waals surface area (Å²) in [4.78, 5) is 13.4.